The van der Waals surface area contributed by atoms with Crippen LogP contribution in [0, 0.1) is 29.1 Å². The predicted molar refractivity (Wildman–Crippen MR) is 107 cm³/mol. The van der Waals surface area contributed by atoms with Crippen molar-refractivity contribution in [3.05, 3.63) is 93.8 Å². The van der Waals surface area contributed by atoms with Crippen LogP contribution in [0.4, 0.5) is 22.0 Å². The fourth-order valence-corrected chi connectivity index (χ4v) is 4.38. The topological polar surface area (TPSA) is 0 Å². The van der Waals surface area contributed by atoms with Gasteiger partial charge >= 0.3 is 0 Å². The molecule has 3 aromatic carbocycles. The minimum Gasteiger partial charge on any atom is -0.207 e. The highest BCUT2D eigenvalue weighted by atomic mass is 19.2. The second-order valence-electron chi connectivity index (χ2n) is 7.86. The molecule has 156 valence electrons. The Morgan fingerprint density at radius 2 is 1.63 bits per heavy atom. The van der Waals surface area contributed by atoms with E-state index in [0.717, 1.165) is 36.6 Å². The average molecular weight is 416 g/mol. The number of aryl methyl sites for hydroxylation is 1. The molecular formula is C25H21F5. The maximum absolute atomic E-state index is 15.1. The molecule has 1 unspecified atom stereocenters. The summed E-state index contributed by atoms with van der Waals surface area (Å²) < 4.78 is 71.3. The Morgan fingerprint density at radius 3 is 2.33 bits per heavy atom. The third-order valence-electron chi connectivity index (χ3n) is 5.87. The molecule has 0 amide bonds. The van der Waals surface area contributed by atoms with Crippen LogP contribution in [0.2, 0.25) is 0 Å². The quantitative estimate of drug-likeness (QED) is 0.392. The SMILES string of the molecule is CCCc1ccc(C2CCc3c(cc(F)c(-c4ccc(F)c(F)c4)c3F)C2)c(F)c1. The summed E-state index contributed by atoms with van der Waals surface area (Å²) in [6.07, 6.45) is 2.89. The van der Waals surface area contributed by atoms with Gasteiger partial charge in [-0.15, -0.1) is 0 Å². The summed E-state index contributed by atoms with van der Waals surface area (Å²) in [5.41, 5.74) is 1.93. The first-order valence-electron chi connectivity index (χ1n) is 10.1. The van der Waals surface area contributed by atoms with E-state index in [4.69, 9.17) is 0 Å². The van der Waals surface area contributed by atoms with Gasteiger partial charge in [-0.25, -0.2) is 22.0 Å². The molecule has 1 atom stereocenters. The first-order chi connectivity index (χ1) is 14.4. The standard InChI is InChI=1S/C25H21F5/c1-2-3-14-4-7-18(21(27)10-14)15-5-8-19-17(11-15)13-23(29)24(25(19)30)16-6-9-20(26)22(28)12-16/h4,6-7,9-10,12-13,15H,2-3,5,8,11H2,1H3. The summed E-state index contributed by atoms with van der Waals surface area (Å²) >= 11 is 0. The number of hydrogen-bond donors (Lipinski definition) is 0. The van der Waals surface area contributed by atoms with Gasteiger partial charge in [-0.1, -0.05) is 31.5 Å². The summed E-state index contributed by atoms with van der Waals surface area (Å²) in [5, 5.41) is 0. The van der Waals surface area contributed by atoms with Gasteiger partial charge in [0.1, 0.15) is 17.5 Å². The van der Waals surface area contributed by atoms with Crippen LogP contribution in [0.25, 0.3) is 11.1 Å². The predicted octanol–water partition coefficient (Wildman–Crippen LogP) is 7.27. The van der Waals surface area contributed by atoms with Crippen LogP contribution in [-0.2, 0) is 19.3 Å². The van der Waals surface area contributed by atoms with E-state index in [1.54, 1.807) is 12.1 Å². The summed E-state index contributed by atoms with van der Waals surface area (Å²) in [5.74, 6) is -4.28. The van der Waals surface area contributed by atoms with Crippen molar-refractivity contribution in [3.8, 4) is 11.1 Å². The maximum atomic E-state index is 15.1. The molecule has 0 fully saturated rings. The van der Waals surface area contributed by atoms with Crippen LogP contribution in [-0.4, -0.2) is 0 Å². The molecule has 0 nitrogen and oxygen atoms in total. The molecule has 0 saturated carbocycles. The molecule has 0 radical (unpaired) electrons. The van der Waals surface area contributed by atoms with Gasteiger partial charge in [-0.05, 0) is 83.7 Å². The lowest BCUT2D eigenvalue weighted by Gasteiger charge is -2.27. The van der Waals surface area contributed by atoms with Crippen LogP contribution in [0.1, 0.15) is 47.9 Å². The highest BCUT2D eigenvalue weighted by Crippen LogP contribution is 2.39. The number of benzene rings is 3. The van der Waals surface area contributed by atoms with Crippen molar-refractivity contribution in [2.75, 3.05) is 0 Å². The van der Waals surface area contributed by atoms with Crippen LogP contribution in [0.15, 0.2) is 42.5 Å². The van der Waals surface area contributed by atoms with Crippen molar-refractivity contribution in [1.29, 1.82) is 0 Å². The van der Waals surface area contributed by atoms with Crippen molar-refractivity contribution in [2.24, 2.45) is 0 Å². The Kier molecular flexibility index (Phi) is 5.63. The molecule has 0 saturated heterocycles. The smallest absolute Gasteiger partial charge is 0.159 e. The van der Waals surface area contributed by atoms with E-state index in [0.29, 0.717) is 36.0 Å². The Morgan fingerprint density at radius 1 is 0.833 bits per heavy atom. The lowest BCUT2D eigenvalue weighted by molar-refractivity contribution is 0.504. The van der Waals surface area contributed by atoms with E-state index in [9.17, 15) is 17.6 Å². The zero-order chi connectivity index (χ0) is 21.4. The van der Waals surface area contributed by atoms with Crippen LogP contribution in [0.5, 0.6) is 0 Å². The van der Waals surface area contributed by atoms with Crippen molar-refractivity contribution in [3.63, 3.8) is 0 Å². The van der Waals surface area contributed by atoms with Gasteiger partial charge in [-0.3, -0.25) is 0 Å². The summed E-state index contributed by atoms with van der Waals surface area (Å²) in [6.45, 7) is 2.03. The number of rotatable bonds is 4. The summed E-state index contributed by atoms with van der Waals surface area (Å²) in [6, 6.07) is 9.27. The molecular weight excluding hydrogens is 395 g/mol. The largest absolute Gasteiger partial charge is 0.207 e. The molecule has 1 aliphatic carbocycles. The molecule has 30 heavy (non-hydrogen) atoms. The van der Waals surface area contributed by atoms with Gasteiger partial charge in [0.05, 0.1) is 5.56 Å². The molecule has 0 aromatic heterocycles. The third kappa shape index (κ3) is 3.73. The number of hydrogen-bond acceptors (Lipinski definition) is 0. The van der Waals surface area contributed by atoms with E-state index in [2.05, 4.69) is 0 Å². The second-order valence-corrected chi connectivity index (χ2v) is 7.86. The van der Waals surface area contributed by atoms with Gasteiger partial charge < -0.3 is 0 Å². The fourth-order valence-electron chi connectivity index (χ4n) is 4.38. The van der Waals surface area contributed by atoms with E-state index in [1.807, 2.05) is 13.0 Å². The zero-order valence-corrected chi connectivity index (χ0v) is 16.5. The molecule has 0 N–H and O–H groups in total. The van der Waals surface area contributed by atoms with Crippen LogP contribution < -0.4 is 0 Å². The molecule has 3 aromatic rings. The minimum atomic E-state index is -1.16. The lowest BCUT2D eigenvalue weighted by Crippen LogP contribution is -2.17. The minimum absolute atomic E-state index is 0.0496. The first kappa shape index (κ1) is 20.6. The van der Waals surface area contributed by atoms with Gasteiger partial charge in [0, 0.05) is 0 Å². The van der Waals surface area contributed by atoms with Crippen molar-refractivity contribution < 1.29 is 22.0 Å². The number of fused-ring (bicyclic) bond motifs is 1. The zero-order valence-electron chi connectivity index (χ0n) is 16.5. The monoisotopic (exact) mass is 416 g/mol. The normalized spacial score (nSPS) is 15.9. The van der Waals surface area contributed by atoms with Crippen LogP contribution in [0.3, 0.4) is 0 Å². The van der Waals surface area contributed by atoms with E-state index < -0.39 is 23.3 Å². The highest BCUT2D eigenvalue weighted by Gasteiger charge is 2.28. The van der Waals surface area contributed by atoms with Gasteiger partial charge in [0.25, 0.3) is 0 Å². The average Bonchev–Trinajstić information content (AvgIpc) is 2.70. The first-order valence-corrected chi connectivity index (χ1v) is 10.1. The molecule has 0 heterocycles. The third-order valence-corrected chi connectivity index (χ3v) is 5.87. The Hall–Kier alpha value is -2.69. The second kappa shape index (κ2) is 8.21. The van der Waals surface area contributed by atoms with E-state index >= 15 is 4.39 Å². The lowest BCUT2D eigenvalue weighted by atomic mass is 9.78. The van der Waals surface area contributed by atoms with E-state index in [-0.39, 0.29) is 22.9 Å². The molecule has 0 aliphatic heterocycles. The molecule has 5 heteroatoms. The fraction of sp³-hybridized carbons (Fsp3) is 0.280. The Bertz CT molecular complexity index is 1100. The maximum Gasteiger partial charge on any atom is 0.159 e. The van der Waals surface area contributed by atoms with Crippen molar-refractivity contribution in [2.45, 2.75) is 44.9 Å². The van der Waals surface area contributed by atoms with Crippen molar-refractivity contribution >= 4 is 0 Å². The number of halogens is 5. The Balaban J connectivity index is 1.68. The summed E-state index contributed by atoms with van der Waals surface area (Å²) in [4.78, 5) is 0. The molecule has 1 aliphatic rings. The molecule has 0 spiro atoms. The van der Waals surface area contributed by atoms with Gasteiger partial charge in [0.15, 0.2) is 11.6 Å². The Labute approximate surface area is 172 Å². The summed E-state index contributed by atoms with van der Waals surface area (Å²) in [7, 11) is 0. The highest BCUT2D eigenvalue weighted by molar-refractivity contribution is 5.67. The van der Waals surface area contributed by atoms with E-state index in [1.165, 1.54) is 6.07 Å². The van der Waals surface area contributed by atoms with Crippen molar-refractivity contribution in [1.82, 2.24) is 0 Å². The van der Waals surface area contributed by atoms with Crippen LogP contribution >= 0.6 is 0 Å². The van der Waals surface area contributed by atoms with Gasteiger partial charge in [-0.2, -0.15) is 0 Å². The molecule has 0 bridgehead atoms. The van der Waals surface area contributed by atoms with Gasteiger partial charge in [0.2, 0.25) is 0 Å². The molecule has 4 rings (SSSR count).